The maximum atomic E-state index is 7.06. The Morgan fingerprint density at radius 3 is 0.867 bits per heavy atom. The Hall–Kier alpha value is -10.4. The number of hydrogen-bond donors (Lipinski definition) is 0. The fourth-order valence-electron chi connectivity index (χ4n) is 13.9. The zero-order chi connectivity index (χ0) is 61.5. The van der Waals surface area contributed by atoms with Crippen LogP contribution in [-0.2, 0) is 21.7 Å². The summed E-state index contributed by atoms with van der Waals surface area (Å²) >= 11 is 0. The van der Waals surface area contributed by atoms with Crippen molar-refractivity contribution in [1.82, 2.24) is 0 Å². The first-order valence-electron chi connectivity index (χ1n) is 31.5. The van der Waals surface area contributed by atoms with Crippen LogP contribution in [-0.4, -0.2) is 0 Å². The first kappa shape index (κ1) is 56.1. The van der Waals surface area contributed by atoms with Crippen LogP contribution in [0.4, 0.5) is 34.1 Å². The number of fused-ring (bicyclic) bond motifs is 9. The molecule has 0 spiro atoms. The van der Waals surface area contributed by atoms with Gasteiger partial charge in [-0.25, -0.2) is 0 Å². The van der Waals surface area contributed by atoms with Crippen molar-refractivity contribution in [1.29, 1.82) is 0 Å². The summed E-state index contributed by atoms with van der Waals surface area (Å²) < 4.78 is 13.9. The number of rotatable bonds is 14. The molecule has 0 aliphatic heterocycles. The lowest BCUT2D eigenvalue weighted by atomic mass is 9.78. The Morgan fingerprint density at radius 2 is 0.522 bits per heavy atom. The Bertz CT molecular complexity index is 4930. The lowest BCUT2D eigenvalue weighted by molar-refractivity contribution is 0.640. The summed E-state index contributed by atoms with van der Waals surface area (Å²) in [4.78, 5) is 4.75. The SMILES string of the molecule is CC(C)(c1ccccc1)c1ccc(N(c2ccc(C(C)(C)c3ccccc3)cc2)c2ccc3cc4c(cc3c2)oc2c4ccc3oc4cc5cc(N(c6ccc(C(C)(C)c7ccccc7)cc6)c6ccc(C(C)(C)c7ccccc7)cc6)ccc5cc4c32)cc1. The molecular formula is C86H72N2O2. The van der Waals surface area contributed by atoms with Gasteiger partial charge in [0.15, 0.2) is 0 Å². The third kappa shape index (κ3) is 9.70. The van der Waals surface area contributed by atoms with E-state index in [0.29, 0.717) is 0 Å². The molecule has 4 nitrogen and oxygen atoms in total. The molecule has 15 aromatic rings. The Kier molecular flexibility index (Phi) is 13.5. The van der Waals surface area contributed by atoms with Crippen LogP contribution >= 0.6 is 0 Å². The molecular weight excluding hydrogens is 1090 g/mol. The van der Waals surface area contributed by atoms with Crippen molar-refractivity contribution in [3.63, 3.8) is 0 Å². The van der Waals surface area contributed by atoms with E-state index in [1.165, 1.54) is 44.5 Å². The summed E-state index contributed by atoms with van der Waals surface area (Å²) in [6.07, 6.45) is 0. The van der Waals surface area contributed by atoms with Crippen LogP contribution < -0.4 is 9.80 Å². The predicted molar refractivity (Wildman–Crippen MR) is 380 cm³/mol. The van der Waals surface area contributed by atoms with Crippen molar-refractivity contribution < 1.29 is 8.83 Å². The summed E-state index contributed by atoms with van der Waals surface area (Å²) in [6.45, 7) is 18.4. The molecule has 0 saturated heterocycles. The smallest absolute Gasteiger partial charge is 0.147 e. The summed E-state index contributed by atoms with van der Waals surface area (Å²) in [5.41, 5.74) is 19.2. The number of nitrogens with zero attached hydrogens (tertiary/aromatic N) is 2. The zero-order valence-electron chi connectivity index (χ0n) is 52.4. The van der Waals surface area contributed by atoms with Gasteiger partial charge in [-0.2, -0.15) is 0 Å². The highest BCUT2D eigenvalue weighted by molar-refractivity contribution is 6.24. The lowest BCUT2D eigenvalue weighted by Crippen LogP contribution is -2.19. The number of furan rings is 2. The quantitative estimate of drug-likeness (QED) is 0.109. The topological polar surface area (TPSA) is 32.8 Å². The first-order valence-corrected chi connectivity index (χ1v) is 31.5. The highest BCUT2D eigenvalue weighted by Crippen LogP contribution is 2.46. The number of hydrogen-bond acceptors (Lipinski definition) is 4. The van der Waals surface area contributed by atoms with E-state index in [0.717, 1.165) is 99.5 Å². The van der Waals surface area contributed by atoms with Crippen molar-refractivity contribution in [3.05, 3.63) is 336 Å². The average molecular weight is 1170 g/mol. The molecule has 0 saturated carbocycles. The van der Waals surface area contributed by atoms with Crippen molar-refractivity contribution in [3.8, 4) is 0 Å². The molecule has 0 aliphatic rings. The van der Waals surface area contributed by atoms with Crippen LogP contribution in [0.2, 0.25) is 0 Å². The minimum atomic E-state index is -0.170. The van der Waals surface area contributed by atoms with E-state index < -0.39 is 0 Å². The second-order valence-electron chi connectivity index (χ2n) is 26.6. The second kappa shape index (κ2) is 21.7. The molecule has 438 valence electrons. The van der Waals surface area contributed by atoms with Gasteiger partial charge in [-0.05, 0) is 175 Å². The molecule has 0 radical (unpaired) electrons. The maximum absolute atomic E-state index is 7.06. The maximum Gasteiger partial charge on any atom is 0.147 e. The summed E-state index contributed by atoms with van der Waals surface area (Å²) in [6, 6.07) is 106. The molecule has 0 N–H and O–H groups in total. The van der Waals surface area contributed by atoms with Crippen LogP contribution in [0.1, 0.15) is 99.9 Å². The van der Waals surface area contributed by atoms with Crippen molar-refractivity contribution in [2.24, 2.45) is 0 Å². The van der Waals surface area contributed by atoms with Gasteiger partial charge in [0.25, 0.3) is 0 Å². The molecule has 0 unspecified atom stereocenters. The average Bonchev–Trinajstić information content (AvgIpc) is 1.55. The number of anilines is 6. The standard InChI is InChI=1S/C86H72N2O2/c1-83(2,61-21-13-9-14-22-61)65-31-41-69(42-32-65)87(70-43-33-66(34-44-70)84(3,4)62-23-15-10-16-24-62)73-39-29-57-53-76-75-49-50-78-81(82(75)90-79(76)55-59(57)51-73)77-54-58-30-40-74(52-60(58)56-80(77)89-78)88(71-45-35-67(36-46-71)85(5,6)63-25-17-11-18-26-63)72-47-37-68(38-48-72)86(7,8)64-27-19-12-20-28-64/h9-56H,1-8H3. The van der Waals surface area contributed by atoms with Gasteiger partial charge in [-0.1, -0.05) is 237 Å². The molecule has 90 heavy (non-hydrogen) atoms. The van der Waals surface area contributed by atoms with E-state index in [1.807, 2.05) is 0 Å². The number of benzene rings is 13. The van der Waals surface area contributed by atoms with E-state index in [4.69, 9.17) is 8.83 Å². The Labute approximate surface area is 527 Å². The van der Waals surface area contributed by atoms with E-state index >= 15 is 0 Å². The first-order chi connectivity index (χ1) is 43.6. The van der Waals surface area contributed by atoms with E-state index in [2.05, 4.69) is 356 Å². The van der Waals surface area contributed by atoms with Gasteiger partial charge in [-0.15, -0.1) is 0 Å². The molecule has 2 heterocycles. The van der Waals surface area contributed by atoms with Gasteiger partial charge in [0, 0.05) is 71.9 Å². The van der Waals surface area contributed by atoms with Gasteiger partial charge in [0.2, 0.25) is 0 Å². The van der Waals surface area contributed by atoms with Crippen molar-refractivity contribution in [2.45, 2.75) is 77.0 Å². The van der Waals surface area contributed by atoms with Crippen LogP contribution in [0.3, 0.4) is 0 Å². The second-order valence-corrected chi connectivity index (χ2v) is 26.6. The Balaban J connectivity index is 0.799. The van der Waals surface area contributed by atoms with Crippen LogP contribution in [0, 0.1) is 0 Å². The largest absolute Gasteiger partial charge is 0.456 e. The molecule has 0 amide bonds. The van der Waals surface area contributed by atoms with E-state index in [-0.39, 0.29) is 21.7 Å². The van der Waals surface area contributed by atoms with Crippen LogP contribution in [0.25, 0.3) is 65.4 Å². The Morgan fingerprint density at radius 1 is 0.222 bits per heavy atom. The molecule has 0 fully saturated rings. The highest BCUT2D eigenvalue weighted by Gasteiger charge is 2.29. The molecule has 4 heteroatoms. The van der Waals surface area contributed by atoms with Crippen molar-refractivity contribution in [2.75, 3.05) is 9.80 Å². The van der Waals surface area contributed by atoms with Crippen LogP contribution in [0.15, 0.2) is 300 Å². The predicted octanol–water partition coefficient (Wildman–Crippen LogP) is 24.0. The van der Waals surface area contributed by atoms with Gasteiger partial charge >= 0.3 is 0 Å². The van der Waals surface area contributed by atoms with Crippen LogP contribution in [0.5, 0.6) is 0 Å². The fourth-order valence-corrected chi connectivity index (χ4v) is 13.9. The minimum absolute atomic E-state index is 0.170. The fraction of sp³-hybridized carbons (Fsp3) is 0.140. The minimum Gasteiger partial charge on any atom is -0.456 e. The monoisotopic (exact) mass is 1160 g/mol. The summed E-state index contributed by atoms with van der Waals surface area (Å²) in [7, 11) is 0. The van der Waals surface area contributed by atoms with E-state index in [9.17, 15) is 0 Å². The lowest BCUT2D eigenvalue weighted by Gasteiger charge is -2.30. The summed E-state index contributed by atoms with van der Waals surface area (Å²) in [5.74, 6) is 0. The summed E-state index contributed by atoms with van der Waals surface area (Å²) in [5, 5.41) is 8.59. The molecule has 13 aromatic carbocycles. The zero-order valence-corrected chi connectivity index (χ0v) is 52.4. The third-order valence-corrected chi connectivity index (χ3v) is 19.8. The third-order valence-electron chi connectivity index (χ3n) is 19.8. The molecule has 0 bridgehead atoms. The van der Waals surface area contributed by atoms with Gasteiger partial charge in [-0.3, -0.25) is 0 Å². The molecule has 0 atom stereocenters. The van der Waals surface area contributed by atoms with Gasteiger partial charge < -0.3 is 18.6 Å². The molecule has 2 aromatic heterocycles. The normalized spacial score (nSPS) is 12.4. The molecule has 15 rings (SSSR count). The van der Waals surface area contributed by atoms with Gasteiger partial charge in [0.1, 0.15) is 22.3 Å². The van der Waals surface area contributed by atoms with E-state index in [1.54, 1.807) is 0 Å². The highest BCUT2D eigenvalue weighted by atomic mass is 16.3. The van der Waals surface area contributed by atoms with Crippen molar-refractivity contribution >= 4 is 99.5 Å². The molecule has 0 aliphatic carbocycles. The van der Waals surface area contributed by atoms with Gasteiger partial charge in [0.05, 0.1) is 5.39 Å².